The van der Waals surface area contributed by atoms with Gasteiger partial charge in [0.25, 0.3) is 5.91 Å². The van der Waals surface area contributed by atoms with Crippen molar-refractivity contribution in [3.63, 3.8) is 0 Å². The first-order valence-electron chi connectivity index (χ1n) is 11.6. The molecule has 2 heterocycles. The maximum absolute atomic E-state index is 12.9. The summed E-state index contributed by atoms with van der Waals surface area (Å²) in [6, 6.07) is 7.52. The lowest BCUT2D eigenvalue weighted by Crippen LogP contribution is -3.16. The number of quaternary nitrogens is 1. The predicted octanol–water partition coefficient (Wildman–Crippen LogP) is 1.87. The first-order chi connectivity index (χ1) is 16.0. The molecule has 8 nitrogen and oxygen atoms in total. The Labute approximate surface area is 194 Å². The zero-order valence-corrected chi connectivity index (χ0v) is 19.7. The fraction of sp³-hybridized carbons (Fsp3) is 0.560. The Morgan fingerprint density at radius 3 is 2.58 bits per heavy atom. The van der Waals surface area contributed by atoms with Crippen LogP contribution in [0.2, 0.25) is 0 Å². The number of amides is 1. The second-order valence-electron chi connectivity index (χ2n) is 9.08. The molecule has 4 rings (SSSR count). The van der Waals surface area contributed by atoms with Gasteiger partial charge in [0.2, 0.25) is 5.75 Å². The average Bonchev–Trinajstić information content (AvgIpc) is 3.35. The van der Waals surface area contributed by atoms with E-state index in [2.05, 4.69) is 5.32 Å². The number of benzene rings is 1. The van der Waals surface area contributed by atoms with E-state index in [4.69, 9.17) is 18.6 Å². The van der Waals surface area contributed by atoms with Crippen molar-refractivity contribution < 1.29 is 33.4 Å². The Morgan fingerprint density at radius 1 is 1.18 bits per heavy atom. The molecule has 1 saturated carbocycles. The number of nitrogens with one attached hydrogen (secondary N) is 2. The van der Waals surface area contributed by atoms with Crippen LogP contribution in [0.4, 0.5) is 0 Å². The molecule has 2 fully saturated rings. The molecule has 33 heavy (non-hydrogen) atoms. The lowest BCUT2D eigenvalue weighted by molar-refractivity contribution is -0.937. The van der Waals surface area contributed by atoms with E-state index in [0.717, 1.165) is 41.9 Å². The minimum Gasteiger partial charge on any atom is -0.493 e. The van der Waals surface area contributed by atoms with E-state index in [1.165, 1.54) is 0 Å². The van der Waals surface area contributed by atoms with Gasteiger partial charge in [0.05, 0.1) is 46.3 Å². The Bertz CT molecular complexity index is 921. The van der Waals surface area contributed by atoms with Gasteiger partial charge in [0.1, 0.15) is 11.8 Å². The Kier molecular flexibility index (Phi) is 7.14. The first-order valence-corrected chi connectivity index (χ1v) is 11.6. The van der Waals surface area contributed by atoms with Crippen molar-refractivity contribution in [2.24, 2.45) is 5.92 Å². The topological polar surface area (TPSA) is 94.6 Å². The molecule has 1 aliphatic heterocycles. The van der Waals surface area contributed by atoms with Crippen LogP contribution in [0.15, 0.2) is 34.9 Å². The Hall–Kier alpha value is -2.71. The van der Waals surface area contributed by atoms with E-state index in [9.17, 15) is 9.90 Å². The summed E-state index contributed by atoms with van der Waals surface area (Å²) in [7, 11) is 4.79. The first kappa shape index (κ1) is 23.4. The van der Waals surface area contributed by atoms with E-state index in [1.54, 1.807) is 27.6 Å². The van der Waals surface area contributed by atoms with Crippen LogP contribution in [-0.2, 0) is 11.3 Å². The van der Waals surface area contributed by atoms with Crippen molar-refractivity contribution in [3.8, 4) is 17.2 Å². The van der Waals surface area contributed by atoms with Crippen molar-refractivity contribution >= 4 is 5.91 Å². The van der Waals surface area contributed by atoms with Crippen LogP contribution >= 0.6 is 0 Å². The van der Waals surface area contributed by atoms with Crippen LogP contribution in [0, 0.1) is 5.92 Å². The van der Waals surface area contributed by atoms with Crippen LogP contribution < -0.4 is 24.4 Å². The number of piperidine rings is 1. The van der Waals surface area contributed by atoms with Crippen molar-refractivity contribution in [1.29, 1.82) is 0 Å². The lowest BCUT2D eigenvalue weighted by atomic mass is 9.66. The van der Waals surface area contributed by atoms with Gasteiger partial charge in [-0.2, -0.15) is 0 Å². The molecular weight excluding hydrogens is 424 g/mol. The summed E-state index contributed by atoms with van der Waals surface area (Å²) in [5.41, 5.74) is 0.278. The number of hydrogen-bond acceptors (Lipinski definition) is 6. The molecular formula is C25H35N2O6+. The number of rotatable bonds is 8. The van der Waals surface area contributed by atoms with Crippen molar-refractivity contribution in [3.05, 3.63) is 41.9 Å². The van der Waals surface area contributed by atoms with E-state index >= 15 is 0 Å². The van der Waals surface area contributed by atoms with Crippen LogP contribution in [0.5, 0.6) is 17.2 Å². The van der Waals surface area contributed by atoms with Gasteiger partial charge in [-0.3, -0.25) is 4.79 Å². The highest BCUT2D eigenvalue weighted by Gasteiger charge is 2.52. The second kappa shape index (κ2) is 10.1. The maximum atomic E-state index is 12.9. The van der Waals surface area contributed by atoms with E-state index in [1.807, 2.05) is 24.3 Å². The smallest absolute Gasteiger partial charge is 0.275 e. The monoisotopic (exact) mass is 459 g/mol. The molecule has 2 aliphatic rings. The third kappa shape index (κ3) is 4.82. The van der Waals surface area contributed by atoms with Gasteiger partial charge in [-0.1, -0.05) is 12.8 Å². The zero-order valence-electron chi connectivity index (χ0n) is 19.7. The maximum Gasteiger partial charge on any atom is 0.275 e. The molecule has 180 valence electrons. The molecule has 1 unspecified atom stereocenters. The van der Waals surface area contributed by atoms with Gasteiger partial charge in [-0.15, -0.1) is 0 Å². The number of fused-ring (bicyclic) bond motifs is 1. The standard InChI is InChI=1S/C25H34N2O6/c1-30-20-13-17(14-21(31-2)24(20)32-3)23-19-8-4-5-9-25(19,29)10-11-27(23)16-22(28)26-15-18-7-6-12-33-18/h6-7,12-14,19,23,29H,4-5,8-11,15-16H2,1-3H3,(H,26,28)/p+1/t19-,23+,25+/m0/s1. The number of carbonyl (C=O) groups is 1. The van der Waals surface area contributed by atoms with Crippen molar-refractivity contribution in [2.45, 2.75) is 50.3 Å². The summed E-state index contributed by atoms with van der Waals surface area (Å²) in [5.74, 6) is 2.43. The van der Waals surface area contributed by atoms with Crippen molar-refractivity contribution in [1.82, 2.24) is 5.32 Å². The summed E-state index contributed by atoms with van der Waals surface area (Å²) in [4.78, 5) is 14.0. The van der Waals surface area contributed by atoms with Gasteiger partial charge >= 0.3 is 0 Å². The van der Waals surface area contributed by atoms with Crippen molar-refractivity contribution in [2.75, 3.05) is 34.4 Å². The summed E-state index contributed by atoms with van der Waals surface area (Å²) >= 11 is 0. The third-order valence-electron chi connectivity index (χ3n) is 7.26. The summed E-state index contributed by atoms with van der Waals surface area (Å²) < 4.78 is 22.0. The second-order valence-corrected chi connectivity index (χ2v) is 9.08. The molecule has 1 saturated heterocycles. The molecule has 1 amide bonds. The SMILES string of the molecule is COc1cc([C@@H]2[C@@H]3CCCC[C@@]3(O)CC[NH+]2CC(=O)NCc2ccco2)cc(OC)c1OC. The van der Waals surface area contributed by atoms with Gasteiger partial charge in [0.15, 0.2) is 18.0 Å². The van der Waals surface area contributed by atoms with Gasteiger partial charge < -0.3 is 34.0 Å². The fourth-order valence-corrected chi connectivity index (χ4v) is 5.67. The zero-order chi connectivity index (χ0) is 23.4. The average molecular weight is 460 g/mol. The largest absolute Gasteiger partial charge is 0.493 e. The molecule has 4 atom stereocenters. The summed E-state index contributed by atoms with van der Waals surface area (Å²) in [6.45, 7) is 1.39. The number of methoxy groups -OCH3 is 3. The van der Waals surface area contributed by atoms with Crippen LogP contribution in [-0.4, -0.2) is 51.0 Å². The molecule has 0 bridgehead atoms. The predicted molar refractivity (Wildman–Crippen MR) is 122 cm³/mol. The highest BCUT2D eigenvalue weighted by atomic mass is 16.5. The Balaban J connectivity index is 1.64. The van der Waals surface area contributed by atoms with E-state index in [-0.39, 0.29) is 17.9 Å². The minimum atomic E-state index is -0.711. The highest BCUT2D eigenvalue weighted by molar-refractivity contribution is 5.76. The minimum absolute atomic E-state index is 0.0416. The van der Waals surface area contributed by atoms with Crippen LogP contribution in [0.3, 0.4) is 0 Å². The molecule has 2 aromatic rings. The number of likely N-dealkylation sites (tertiary alicyclic amines) is 1. The lowest BCUT2D eigenvalue weighted by Gasteiger charge is -2.50. The number of ether oxygens (including phenoxy) is 3. The van der Waals surface area contributed by atoms with Crippen LogP contribution in [0.25, 0.3) is 0 Å². The Morgan fingerprint density at radius 2 is 1.94 bits per heavy atom. The highest BCUT2D eigenvalue weighted by Crippen LogP contribution is 2.47. The van der Waals surface area contributed by atoms with Gasteiger partial charge in [0, 0.05) is 17.9 Å². The van der Waals surface area contributed by atoms with Gasteiger partial charge in [-0.25, -0.2) is 0 Å². The third-order valence-corrected chi connectivity index (χ3v) is 7.26. The summed E-state index contributed by atoms with van der Waals surface area (Å²) in [5, 5.41) is 14.5. The van der Waals surface area contributed by atoms with E-state index in [0.29, 0.717) is 43.3 Å². The summed E-state index contributed by atoms with van der Waals surface area (Å²) in [6.07, 6.45) is 6.13. The van der Waals surface area contributed by atoms with Crippen LogP contribution in [0.1, 0.15) is 49.5 Å². The quantitative estimate of drug-likeness (QED) is 0.558. The molecule has 0 spiro atoms. The number of hydrogen-bond donors (Lipinski definition) is 3. The van der Waals surface area contributed by atoms with E-state index < -0.39 is 5.60 Å². The molecule has 1 aromatic heterocycles. The normalized spacial score (nSPS) is 26.8. The number of carbonyl (C=O) groups excluding carboxylic acids is 1. The fourth-order valence-electron chi connectivity index (χ4n) is 5.67. The molecule has 1 aliphatic carbocycles. The molecule has 1 aromatic carbocycles. The number of aliphatic hydroxyl groups is 1. The molecule has 0 radical (unpaired) electrons. The van der Waals surface area contributed by atoms with Gasteiger partial charge in [-0.05, 0) is 37.1 Å². The molecule has 3 N–H and O–H groups in total. The molecule has 8 heteroatoms. The number of furan rings is 1.